The smallest absolute Gasteiger partial charge is 0.252 e. The molecule has 120 valence electrons. The number of nitrogens with one attached hydrogen (secondary N) is 1. The largest absolute Gasteiger partial charge is 0.463 e. The summed E-state index contributed by atoms with van der Waals surface area (Å²) in [6.07, 6.45) is 3.25. The van der Waals surface area contributed by atoms with E-state index in [0.29, 0.717) is 41.1 Å². The molecule has 0 atom stereocenters. The van der Waals surface area contributed by atoms with Gasteiger partial charge in [-0.25, -0.2) is 9.67 Å². The number of furan rings is 1. The predicted molar refractivity (Wildman–Crippen MR) is 87.0 cm³/mol. The molecule has 0 aliphatic carbocycles. The summed E-state index contributed by atoms with van der Waals surface area (Å²) < 4.78 is 7.21. The summed E-state index contributed by atoms with van der Waals surface area (Å²) in [5.74, 6) is 0.412. The van der Waals surface area contributed by atoms with Crippen LogP contribution in [0, 0.1) is 0 Å². The van der Waals surface area contributed by atoms with E-state index in [0.717, 1.165) is 0 Å². The Morgan fingerprint density at radius 3 is 2.96 bits per heavy atom. The van der Waals surface area contributed by atoms with Gasteiger partial charge in [0.2, 0.25) is 0 Å². The van der Waals surface area contributed by atoms with E-state index < -0.39 is 0 Å². The summed E-state index contributed by atoms with van der Waals surface area (Å²) in [6.45, 7) is 4.83. The van der Waals surface area contributed by atoms with E-state index >= 15 is 0 Å². The molecular formula is C16H19N5O2. The molecule has 0 spiro atoms. The van der Waals surface area contributed by atoms with Gasteiger partial charge in [-0.1, -0.05) is 0 Å². The second-order valence-electron chi connectivity index (χ2n) is 5.50. The molecule has 0 saturated carbocycles. The van der Waals surface area contributed by atoms with Crippen molar-refractivity contribution >= 4 is 16.9 Å². The molecule has 0 unspecified atom stereocenters. The summed E-state index contributed by atoms with van der Waals surface area (Å²) in [5.41, 5.74) is 7.23. The van der Waals surface area contributed by atoms with Gasteiger partial charge in [0, 0.05) is 19.1 Å². The normalized spacial score (nSPS) is 11.3. The summed E-state index contributed by atoms with van der Waals surface area (Å²) in [7, 11) is 0. The van der Waals surface area contributed by atoms with E-state index in [9.17, 15) is 4.79 Å². The summed E-state index contributed by atoms with van der Waals surface area (Å²) in [5, 5.41) is 7.86. The molecule has 0 bridgehead atoms. The van der Waals surface area contributed by atoms with Gasteiger partial charge in [-0.2, -0.15) is 5.10 Å². The van der Waals surface area contributed by atoms with E-state index in [-0.39, 0.29) is 11.9 Å². The Kier molecular flexibility index (Phi) is 4.12. The van der Waals surface area contributed by atoms with Crippen molar-refractivity contribution in [3.05, 3.63) is 36.2 Å². The molecule has 23 heavy (non-hydrogen) atoms. The van der Waals surface area contributed by atoms with Crippen LogP contribution in [0.1, 0.15) is 30.2 Å². The molecule has 3 heterocycles. The number of aromatic nitrogens is 3. The Labute approximate surface area is 133 Å². The Balaban J connectivity index is 2.18. The van der Waals surface area contributed by atoms with Crippen LogP contribution < -0.4 is 11.1 Å². The molecule has 3 rings (SSSR count). The Morgan fingerprint density at radius 1 is 1.48 bits per heavy atom. The van der Waals surface area contributed by atoms with E-state index in [1.807, 2.05) is 19.9 Å². The zero-order valence-corrected chi connectivity index (χ0v) is 13.1. The van der Waals surface area contributed by atoms with Crippen LogP contribution in [0.15, 0.2) is 35.1 Å². The second-order valence-corrected chi connectivity index (χ2v) is 5.50. The van der Waals surface area contributed by atoms with Crippen LogP contribution in [0.5, 0.6) is 0 Å². The van der Waals surface area contributed by atoms with Gasteiger partial charge in [-0.3, -0.25) is 4.79 Å². The van der Waals surface area contributed by atoms with Gasteiger partial charge >= 0.3 is 0 Å². The molecule has 0 fully saturated rings. The molecule has 3 aromatic rings. The molecule has 3 aromatic heterocycles. The fourth-order valence-corrected chi connectivity index (χ4v) is 2.42. The first kappa shape index (κ1) is 15.2. The van der Waals surface area contributed by atoms with Gasteiger partial charge in [-0.05, 0) is 32.0 Å². The van der Waals surface area contributed by atoms with Crippen LogP contribution in [0.3, 0.4) is 0 Å². The Hall–Kier alpha value is -2.67. The summed E-state index contributed by atoms with van der Waals surface area (Å²) >= 11 is 0. The SMILES string of the molecule is CC(C)n1ncc2c(C(=O)NCCN)cc(-c3ccco3)nc21. The number of nitrogens with two attached hydrogens (primary N) is 1. The van der Waals surface area contributed by atoms with Crippen LogP contribution in [-0.4, -0.2) is 33.8 Å². The first-order valence-electron chi connectivity index (χ1n) is 7.52. The Bertz CT molecular complexity index is 820. The van der Waals surface area contributed by atoms with Crippen molar-refractivity contribution in [1.29, 1.82) is 0 Å². The molecule has 1 amide bonds. The van der Waals surface area contributed by atoms with Crippen molar-refractivity contribution < 1.29 is 9.21 Å². The molecule has 7 nitrogen and oxygen atoms in total. The number of fused-ring (bicyclic) bond motifs is 1. The topological polar surface area (TPSA) is 99.0 Å². The van der Waals surface area contributed by atoms with E-state index in [1.54, 1.807) is 29.3 Å². The number of nitrogens with zero attached hydrogens (tertiary/aromatic N) is 3. The lowest BCUT2D eigenvalue weighted by atomic mass is 10.1. The number of carbonyl (C=O) groups is 1. The third-order valence-corrected chi connectivity index (χ3v) is 3.50. The molecule has 0 aliphatic rings. The number of carbonyl (C=O) groups excluding carboxylic acids is 1. The van der Waals surface area contributed by atoms with Crippen molar-refractivity contribution in [2.45, 2.75) is 19.9 Å². The van der Waals surface area contributed by atoms with E-state index in [4.69, 9.17) is 10.2 Å². The van der Waals surface area contributed by atoms with E-state index in [1.165, 1.54) is 0 Å². The maximum atomic E-state index is 12.5. The number of hydrogen-bond donors (Lipinski definition) is 2. The van der Waals surface area contributed by atoms with Crippen LogP contribution in [0.2, 0.25) is 0 Å². The molecule has 0 radical (unpaired) electrons. The van der Waals surface area contributed by atoms with Crippen molar-refractivity contribution in [3.8, 4) is 11.5 Å². The highest BCUT2D eigenvalue weighted by Crippen LogP contribution is 2.26. The number of rotatable bonds is 5. The number of hydrogen-bond acceptors (Lipinski definition) is 5. The first-order chi connectivity index (χ1) is 11.1. The maximum absolute atomic E-state index is 12.5. The lowest BCUT2D eigenvalue weighted by molar-refractivity contribution is 0.0956. The van der Waals surface area contributed by atoms with Crippen molar-refractivity contribution in [1.82, 2.24) is 20.1 Å². The molecular weight excluding hydrogens is 294 g/mol. The van der Waals surface area contributed by atoms with Crippen molar-refractivity contribution in [2.75, 3.05) is 13.1 Å². The zero-order valence-electron chi connectivity index (χ0n) is 13.1. The van der Waals surface area contributed by atoms with Crippen LogP contribution >= 0.6 is 0 Å². The monoisotopic (exact) mass is 313 g/mol. The van der Waals surface area contributed by atoms with E-state index in [2.05, 4.69) is 15.4 Å². The van der Waals surface area contributed by atoms with Gasteiger partial charge in [0.1, 0.15) is 5.69 Å². The number of amides is 1. The predicted octanol–water partition coefficient (Wildman–Crippen LogP) is 1.96. The molecule has 0 aliphatic heterocycles. The van der Waals surface area contributed by atoms with Crippen LogP contribution in [0.25, 0.3) is 22.5 Å². The number of pyridine rings is 1. The average molecular weight is 313 g/mol. The summed E-state index contributed by atoms with van der Waals surface area (Å²) in [6, 6.07) is 5.45. The van der Waals surface area contributed by atoms with Crippen molar-refractivity contribution in [2.24, 2.45) is 5.73 Å². The summed E-state index contributed by atoms with van der Waals surface area (Å²) in [4.78, 5) is 17.1. The fraction of sp³-hybridized carbons (Fsp3) is 0.312. The third kappa shape index (κ3) is 2.83. The maximum Gasteiger partial charge on any atom is 0.252 e. The van der Waals surface area contributed by atoms with Crippen LogP contribution in [0.4, 0.5) is 0 Å². The first-order valence-corrected chi connectivity index (χ1v) is 7.52. The van der Waals surface area contributed by atoms with Crippen LogP contribution in [-0.2, 0) is 0 Å². The minimum atomic E-state index is -0.195. The average Bonchev–Trinajstić information content (AvgIpc) is 3.20. The van der Waals surface area contributed by atoms with Gasteiger partial charge in [0.25, 0.3) is 5.91 Å². The highest BCUT2D eigenvalue weighted by Gasteiger charge is 2.18. The minimum Gasteiger partial charge on any atom is -0.463 e. The van der Waals surface area contributed by atoms with Gasteiger partial charge in [-0.15, -0.1) is 0 Å². The molecule has 0 saturated heterocycles. The molecule has 0 aromatic carbocycles. The fourth-order valence-electron chi connectivity index (χ4n) is 2.42. The standard InChI is InChI=1S/C16H19N5O2/c1-10(2)21-15-12(9-19-21)11(16(22)18-6-5-17)8-13(20-15)14-4-3-7-23-14/h3-4,7-10H,5-6,17H2,1-2H3,(H,18,22). The Morgan fingerprint density at radius 2 is 2.30 bits per heavy atom. The van der Waals surface area contributed by atoms with Gasteiger partial charge in [0.05, 0.1) is 23.4 Å². The third-order valence-electron chi connectivity index (χ3n) is 3.50. The van der Waals surface area contributed by atoms with Gasteiger partial charge in [0.15, 0.2) is 11.4 Å². The molecule has 3 N–H and O–H groups in total. The quantitative estimate of drug-likeness (QED) is 0.750. The minimum absolute atomic E-state index is 0.131. The second kappa shape index (κ2) is 6.21. The zero-order chi connectivity index (χ0) is 16.4. The highest BCUT2D eigenvalue weighted by molar-refractivity contribution is 6.06. The van der Waals surface area contributed by atoms with Gasteiger partial charge < -0.3 is 15.5 Å². The lowest BCUT2D eigenvalue weighted by Crippen LogP contribution is -2.29. The lowest BCUT2D eigenvalue weighted by Gasteiger charge is -2.10. The highest BCUT2D eigenvalue weighted by atomic mass is 16.3. The van der Waals surface area contributed by atoms with Crippen molar-refractivity contribution in [3.63, 3.8) is 0 Å². The molecule has 7 heteroatoms.